The van der Waals surface area contributed by atoms with Gasteiger partial charge in [-0.05, 0) is 25.8 Å². The first-order valence-electron chi connectivity index (χ1n) is 4.35. The summed E-state index contributed by atoms with van der Waals surface area (Å²) in [6, 6.07) is 0.537. The number of hydrogen-bond acceptors (Lipinski definition) is 1. The molecule has 0 aromatic rings. The van der Waals surface area contributed by atoms with Crippen molar-refractivity contribution in [1.29, 1.82) is 0 Å². The van der Waals surface area contributed by atoms with E-state index in [1.807, 2.05) is 0 Å². The molecular formula is C9H14FN. The zero-order valence-electron chi connectivity index (χ0n) is 6.67. The topological polar surface area (TPSA) is 3.24 Å². The van der Waals surface area contributed by atoms with Crippen molar-refractivity contribution < 1.29 is 4.39 Å². The van der Waals surface area contributed by atoms with Crippen LogP contribution in [0.1, 0.15) is 19.3 Å². The molecular weight excluding hydrogens is 141 g/mol. The van der Waals surface area contributed by atoms with Crippen molar-refractivity contribution in [2.24, 2.45) is 0 Å². The molecule has 0 aliphatic carbocycles. The lowest BCUT2D eigenvalue weighted by atomic mass is 10.1. The molecule has 2 fully saturated rings. The minimum absolute atomic E-state index is 0.0162. The summed E-state index contributed by atoms with van der Waals surface area (Å²) in [5, 5.41) is 0. The number of halogens is 1. The molecule has 0 bridgehead atoms. The molecule has 0 amide bonds. The lowest BCUT2D eigenvalue weighted by molar-refractivity contribution is 0.234. The van der Waals surface area contributed by atoms with Gasteiger partial charge in [0.2, 0.25) is 0 Å². The van der Waals surface area contributed by atoms with E-state index in [9.17, 15) is 4.39 Å². The predicted octanol–water partition coefficient (Wildman–Crippen LogP) is 1.75. The zero-order chi connectivity index (χ0) is 7.84. The van der Waals surface area contributed by atoms with Gasteiger partial charge in [0, 0.05) is 6.04 Å². The lowest BCUT2D eigenvalue weighted by Crippen LogP contribution is -2.32. The second-order valence-corrected chi connectivity index (χ2v) is 3.51. The maximum absolute atomic E-state index is 13.2. The maximum Gasteiger partial charge on any atom is 0.121 e. The zero-order valence-corrected chi connectivity index (χ0v) is 6.67. The van der Waals surface area contributed by atoms with Crippen molar-refractivity contribution in [3.8, 4) is 0 Å². The Morgan fingerprint density at radius 3 is 3.09 bits per heavy atom. The van der Waals surface area contributed by atoms with E-state index in [4.69, 9.17) is 0 Å². The number of fused-ring (bicyclic) bond motifs is 1. The summed E-state index contributed by atoms with van der Waals surface area (Å²) in [6.45, 7) is 4.74. The smallest absolute Gasteiger partial charge is 0.121 e. The molecule has 0 spiro atoms. The molecule has 0 saturated carbocycles. The summed E-state index contributed by atoms with van der Waals surface area (Å²) in [5.41, 5.74) is 0. The van der Waals surface area contributed by atoms with Gasteiger partial charge in [0.25, 0.3) is 0 Å². The Bertz CT molecular complexity index is 169. The van der Waals surface area contributed by atoms with Crippen LogP contribution in [0.3, 0.4) is 0 Å². The first kappa shape index (κ1) is 7.29. The number of nitrogens with zero attached hydrogens (tertiary/aromatic N) is 1. The summed E-state index contributed by atoms with van der Waals surface area (Å²) >= 11 is 0. The standard InChI is InChI=1S/C9H14FN/c1-2-9-8(10)6-7-4-3-5-11(7)9/h2,7-9H,1,3-6H2/t7?,8-,9?/m1/s1. The molecule has 2 aliphatic heterocycles. The van der Waals surface area contributed by atoms with E-state index in [1.165, 1.54) is 12.8 Å². The molecule has 2 heteroatoms. The fourth-order valence-corrected chi connectivity index (χ4v) is 2.39. The molecule has 2 rings (SSSR count). The van der Waals surface area contributed by atoms with Gasteiger partial charge in [-0.15, -0.1) is 6.58 Å². The summed E-state index contributed by atoms with van der Waals surface area (Å²) in [4.78, 5) is 2.26. The average Bonchev–Trinajstić information content (AvgIpc) is 2.46. The number of alkyl halides is 1. The summed E-state index contributed by atoms with van der Waals surface area (Å²) in [7, 11) is 0. The molecule has 0 radical (unpaired) electrons. The molecule has 0 aromatic heterocycles. The molecule has 0 N–H and O–H groups in total. The molecule has 1 nitrogen and oxygen atoms in total. The average molecular weight is 155 g/mol. The molecule has 0 aromatic carbocycles. The van der Waals surface area contributed by atoms with Crippen molar-refractivity contribution in [2.75, 3.05) is 6.54 Å². The Kier molecular flexibility index (Phi) is 1.72. The van der Waals surface area contributed by atoms with Gasteiger partial charge in [-0.25, -0.2) is 4.39 Å². The monoisotopic (exact) mass is 155 g/mol. The Morgan fingerprint density at radius 1 is 1.55 bits per heavy atom. The molecule has 2 saturated heterocycles. The highest BCUT2D eigenvalue weighted by molar-refractivity contribution is 5.04. The van der Waals surface area contributed by atoms with Gasteiger partial charge < -0.3 is 0 Å². The van der Waals surface area contributed by atoms with Crippen LogP contribution in [0.25, 0.3) is 0 Å². The second-order valence-electron chi connectivity index (χ2n) is 3.51. The van der Waals surface area contributed by atoms with Crippen molar-refractivity contribution >= 4 is 0 Å². The molecule has 62 valence electrons. The van der Waals surface area contributed by atoms with E-state index in [-0.39, 0.29) is 6.04 Å². The van der Waals surface area contributed by atoms with Crippen LogP contribution >= 0.6 is 0 Å². The summed E-state index contributed by atoms with van der Waals surface area (Å²) < 4.78 is 13.2. The Hall–Kier alpha value is -0.370. The Morgan fingerprint density at radius 2 is 2.36 bits per heavy atom. The summed E-state index contributed by atoms with van der Waals surface area (Å²) in [6.07, 6.45) is 4.26. The van der Waals surface area contributed by atoms with Gasteiger partial charge in [-0.2, -0.15) is 0 Å². The van der Waals surface area contributed by atoms with Crippen molar-refractivity contribution in [3.63, 3.8) is 0 Å². The van der Waals surface area contributed by atoms with E-state index in [2.05, 4.69) is 11.5 Å². The molecule has 11 heavy (non-hydrogen) atoms. The largest absolute Gasteiger partial charge is 0.291 e. The fourth-order valence-electron chi connectivity index (χ4n) is 2.39. The van der Waals surface area contributed by atoms with E-state index in [0.717, 1.165) is 13.0 Å². The predicted molar refractivity (Wildman–Crippen MR) is 43.2 cm³/mol. The summed E-state index contributed by atoms with van der Waals surface area (Å²) in [5.74, 6) is 0. The SMILES string of the molecule is C=CC1[C@H](F)CC2CCCN21. The van der Waals surface area contributed by atoms with Gasteiger partial charge in [-0.1, -0.05) is 6.08 Å². The van der Waals surface area contributed by atoms with Crippen LogP contribution in [0.5, 0.6) is 0 Å². The highest BCUT2D eigenvalue weighted by atomic mass is 19.1. The highest BCUT2D eigenvalue weighted by Crippen LogP contribution is 2.34. The van der Waals surface area contributed by atoms with Crippen LogP contribution in [0, 0.1) is 0 Å². The third-order valence-electron chi connectivity index (χ3n) is 2.91. The molecule has 2 heterocycles. The molecule has 2 unspecified atom stereocenters. The maximum atomic E-state index is 13.2. The van der Waals surface area contributed by atoms with Crippen LogP contribution in [-0.2, 0) is 0 Å². The van der Waals surface area contributed by atoms with Crippen molar-refractivity contribution in [3.05, 3.63) is 12.7 Å². The Labute approximate surface area is 66.9 Å². The second kappa shape index (κ2) is 2.59. The third kappa shape index (κ3) is 1.00. The van der Waals surface area contributed by atoms with Crippen LogP contribution in [0.2, 0.25) is 0 Å². The highest BCUT2D eigenvalue weighted by Gasteiger charge is 2.41. The van der Waals surface area contributed by atoms with Crippen LogP contribution in [0.4, 0.5) is 4.39 Å². The molecule has 2 aliphatic rings. The van der Waals surface area contributed by atoms with Gasteiger partial charge in [0.05, 0.1) is 6.04 Å². The van der Waals surface area contributed by atoms with E-state index >= 15 is 0 Å². The first-order chi connectivity index (χ1) is 5.33. The lowest BCUT2D eigenvalue weighted by Gasteiger charge is -2.20. The minimum atomic E-state index is -0.655. The van der Waals surface area contributed by atoms with Gasteiger partial charge in [0.1, 0.15) is 6.17 Å². The normalized spacial score (nSPS) is 44.3. The quantitative estimate of drug-likeness (QED) is 0.521. The number of hydrogen-bond donors (Lipinski definition) is 0. The number of rotatable bonds is 1. The van der Waals surface area contributed by atoms with Gasteiger partial charge >= 0.3 is 0 Å². The first-order valence-corrected chi connectivity index (χ1v) is 4.35. The van der Waals surface area contributed by atoms with E-state index in [0.29, 0.717) is 6.04 Å². The van der Waals surface area contributed by atoms with Gasteiger partial charge in [0.15, 0.2) is 0 Å². The molecule has 3 atom stereocenters. The van der Waals surface area contributed by atoms with Crippen LogP contribution in [-0.4, -0.2) is 29.7 Å². The van der Waals surface area contributed by atoms with Crippen LogP contribution < -0.4 is 0 Å². The van der Waals surface area contributed by atoms with E-state index < -0.39 is 6.17 Å². The van der Waals surface area contributed by atoms with E-state index in [1.54, 1.807) is 6.08 Å². The third-order valence-corrected chi connectivity index (χ3v) is 2.91. The fraction of sp³-hybridized carbons (Fsp3) is 0.778. The van der Waals surface area contributed by atoms with Crippen LogP contribution in [0.15, 0.2) is 12.7 Å². The van der Waals surface area contributed by atoms with Gasteiger partial charge in [-0.3, -0.25) is 4.90 Å². The van der Waals surface area contributed by atoms with Crippen molar-refractivity contribution in [1.82, 2.24) is 4.90 Å². The Balaban J connectivity index is 2.13. The van der Waals surface area contributed by atoms with Crippen molar-refractivity contribution in [2.45, 2.75) is 37.5 Å². The minimum Gasteiger partial charge on any atom is -0.291 e.